The molecule has 0 radical (unpaired) electrons. The van der Waals surface area contributed by atoms with Gasteiger partial charge in [0.2, 0.25) is 0 Å². The van der Waals surface area contributed by atoms with Gasteiger partial charge in [-0.05, 0) is 25.7 Å². The molecule has 1 N–H and O–H groups in total. The van der Waals surface area contributed by atoms with Crippen LogP contribution >= 0.6 is 0 Å². The summed E-state index contributed by atoms with van der Waals surface area (Å²) in [5.41, 5.74) is -3.31. The fraction of sp³-hybridized carbons (Fsp3) is 0.889. The Balaban J connectivity index is 2.26. The number of halogens is 4. The summed E-state index contributed by atoms with van der Waals surface area (Å²) >= 11 is 0. The molecular formula is C18H26F4N2O7S. The van der Waals surface area contributed by atoms with Crippen molar-refractivity contribution < 1.29 is 49.6 Å². The lowest BCUT2D eigenvalue weighted by Crippen LogP contribution is -2.45. The zero-order valence-electron chi connectivity index (χ0n) is 17.3. The summed E-state index contributed by atoms with van der Waals surface area (Å²) in [6.45, 7) is -3.03. The SMILES string of the molecule is O=C(OCC(F)F)C1(N=NC2(C(=O)OCC(F)(F)S(=O)(=O)O)CCCCC2)CCCCC1. The third kappa shape index (κ3) is 6.36. The van der Waals surface area contributed by atoms with Gasteiger partial charge in [0.1, 0.15) is 0 Å². The highest BCUT2D eigenvalue weighted by Gasteiger charge is 2.50. The summed E-state index contributed by atoms with van der Waals surface area (Å²) in [6, 6.07) is 0. The molecule has 184 valence electrons. The first-order valence-corrected chi connectivity index (χ1v) is 11.7. The third-order valence-corrected chi connectivity index (χ3v) is 6.52. The zero-order chi connectivity index (χ0) is 24.0. The lowest BCUT2D eigenvalue weighted by Gasteiger charge is -2.34. The molecule has 0 saturated heterocycles. The first-order valence-electron chi connectivity index (χ1n) is 10.3. The standard InChI is InChI=1S/C18H26F4N2O7S/c19-13(20)11-30-14(25)16(7-3-1-4-8-16)23-24-17(9-5-2-6-10-17)15(26)31-12-18(21,22)32(27,28)29/h13H,1-12H2,(H,27,28,29). The Hall–Kier alpha value is -1.83. The second-order valence-corrected chi connectivity index (χ2v) is 9.61. The van der Waals surface area contributed by atoms with E-state index in [0.717, 1.165) is 6.42 Å². The molecule has 0 heterocycles. The van der Waals surface area contributed by atoms with Crippen LogP contribution < -0.4 is 0 Å². The number of rotatable bonds is 9. The number of alkyl halides is 4. The molecular weight excluding hydrogens is 464 g/mol. The maximum atomic E-state index is 13.5. The van der Waals surface area contributed by atoms with Crippen molar-refractivity contribution in [2.75, 3.05) is 13.2 Å². The molecule has 2 fully saturated rings. The molecule has 0 unspecified atom stereocenters. The minimum absolute atomic E-state index is 0.0505. The number of carbonyl (C=O) groups is 2. The first-order chi connectivity index (χ1) is 14.8. The van der Waals surface area contributed by atoms with Gasteiger partial charge in [0.15, 0.2) is 24.3 Å². The summed E-state index contributed by atoms with van der Waals surface area (Å²) < 4.78 is 91.2. The zero-order valence-corrected chi connectivity index (χ0v) is 18.1. The number of esters is 2. The van der Waals surface area contributed by atoms with Crippen molar-refractivity contribution in [2.24, 2.45) is 10.2 Å². The van der Waals surface area contributed by atoms with Crippen molar-refractivity contribution in [3.63, 3.8) is 0 Å². The molecule has 0 spiro atoms. The lowest BCUT2D eigenvalue weighted by molar-refractivity contribution is -0.159. The largest absolute Gasteiger partial charge is 0.458 e. The summed E-state index contributed by atoms with van der Waals surface area (Å²) in [5, 5.41) is 3.37. The number of hydrogen-bond acceptors (Lipinski definition) is 8. The normalized spacial score (nSPS) is 21.4. The average molecular weight is 490 g/mol. The van der Waals surface area contributed by atoms with E-state index in [2.05, 4.69) is 19.7 Å². The Morgan fingerprint density at radius 3 is 1.66 bits per heavy atom. The van der Waals surface area contributed by atoms with E-state index in [-0.39, 0.29) is 25.7 Å². The predicted molar refractivity (Wildman–Crippen MR) is 101 cm³/mol. The molecule has 2 saturated carbocycles. The number of nitrogens with zero attached hydrogens (tertiary/aromatic N) is 2. The smallest absolute Gasteiger partial charge is 0.402 e. The highest BCUT2D eigenvalue weighted by atomic mass is 32.2. The van der Waals surface area contributed by atoms with Gasteiger partial charge in [-0.3, -0.25) is 4.55 Å². The second kappa shape index (κ2) is 10.4. The van der Waals surface area contributed by atoms with Gasteiger partial charge in [-0.15, -0.1) is 0 Å². The van der Waals surface area contributed by atoms with Crippen LogP contribution in [0.1, 0.15) is 64.2 Å². The van der Waals surface area contributed by atoms with Crippen LogP contribution in [0.2, 0.25) is 0 Å². The molecule has 0 bridgehead atoms. The lowest BCUT2D eigenvalue weighted by atomic mass is 9.81. The minimum Gasteiger partial charge on any atom is -0.458 e. The highest BCUT2D eigenvalue weighted by molar-refractivity contribution is 7.86. The molecule has 2 rings (SSSR count). The van der Waals surface area contributed by atoms with Crippen molar-refractivity contribution in [3.05, 3.63) is 0 Å². The third-order valence-electron chi connectivity index (χ3n) is 5.64. The summed E-state index contributed by atoms with van der Waals surface area (Å²) in [4.78, 5) is 25.2. The van der Waals surface area contributed by atoms with E-state index in [1.54, 1.807) is 0 Å². The van der Waals surface area contributed by atoms with Gasteiger partial charge in [-0.1, -0.05) is 38.5 Å². The Labute approximate surface area is 182 Å². The van der Waals surface area contributed by atoms with Crippen molar-refractivity contribution in [3.8, 4) is 0 Å². The number of azo groups is 1. The Kier molecular flexibility index (Phi) is 8.59. The van der Waals surface area contributed by atoms with Gasteiger partial charge in [0, 0.05) is 0 Å². The van der Waals surface area contributed by atoms with Crippen LogP contribution in [0, 0.1) is 0 Å². The van der Waals surface area contributed by atoms with E-state index < -0.39 is 58.0 Å². The summed E-state index contributed by atoms with van der Waals surface area (Å²) in [5.74, 6) is -2.27. The molecule has 0 atom stereocenters. The van der Waals surface area contributed by atoms with Gasteiger partial charge < -0.3 is 9.47 Å². The van der Waals surface area contributed by atoms with Gasteiger partial charge >= 0.3 is 27.3 Å². The van der Waals surface area contributed by atoms with Gasteiger partial charge in [-0.2, -0.15) is 27.4 Å². The molecule has 0 amide bonds. The van der Waals surface area contributed by atoms with E-state index in [9.17, 15) is 35.6 Å². The van der Waals surface area contributed by atoms with Gasteiger partial charge in [-0.25, -0.2) is 18.4 Å². The number of hydrogen-bond donors (Lipinski definition) is 1. The monoisotopic (exact) mass is 490 g/mol. The molecule has 2 aliphatic rings. The summed E-state index contributed by atoms with van der Waals surface area (Å²) in [7, 11) is -5.80. The molecule has 0 aromatic carbocycles. The molecule has 0 aromatic heterocycles. The maximum Gasteiger partial charge on any atom is 0.402 e. The molecule has 0 aliphatic heterocycles. The van der Waals surface area contributed by atoms with E-state index in [0.29, 0.717) is 32.1 Å². The highest BCUT2D eigenvalue weighted by Crippen LogP contribution is 2.38. The Morgan fingerprint density at radius 1 is 0.875 bits per heavy atom. The van der Waals surface area contributed by atoms with Crippen LogP contribution in [0.25, 0.3) is 0 Å². The predicted octanol–water partition coefficient (Wildman–Crippen LogP) is 3.68. The fourth-order valence-corrected chi connectivity index (χ4v) is 3.99. The van der Waals surface area contributed by atoms with Crippen molar-refractivity contribution in [1.29, 1.82) is 0 Å². The van der Waals surface area contributed by atoms with E-state index in [1.807, 2.05) is 0 Å². The maximum absolute atomic E-state index is 13.5. The van der Waals surface area contributed by atoms with E-state index in [4.69, 9.17) is 4.55 Å². The number of ether oxygens (including phenoxy) is 2. The molecule has 32 heavy (non-hydrogen) atoms. The molecule has 2 aliphatic carbocycles. The second-order valence-electron chi connectivity index (χ2n) is 8.06. The van der Waals surface area contributed by atoms with Crippen molar-refractivity contribution >= 4 is 22.1 Å². The minimum atomic E-state index is -5.80. The van der Waals surface area contributed by atoms with E-state index >= 15 is 0 Å². The molecule has 0 aromatic rings. The van der Waals surface area contributed by atoms with Crippen LogP contribution in [0.4, 0.5) is 17.6 Å². The number of carbonyl (C=O) groups excluding carboxylic acids is 2. The Morgan fingerprint density at radius 2 is 1.28 bits per heavy atom. The average Bonchev–Trinajstić information content (AvgIpc) is 2.75. The Bertz CT molecular complexity index is 808. The van der Waals surface area contributed by atoms with Crippen LogP contribution in [0.15, 0.2) is 10.2 Å². The van der Waals surface area contributed by atoms with Crippen molar-refractivity contribution in [2.45, 2.75) is 87.0 Å². The summed E-state index contributed by atoms with van der Waals surface area (Å²) in [6.07, 6.45) is 1.04. The topological polar surface area (TPSA) is 132 Å². The van der Waals surface area contributed by atoms with Gasteiger partial charge in [0.25, 0.3) is 6.43 Å². The van der Waals surface area contributed by atoms with Gasteiger partial charge in [0.05, 0.1) is 0 Å². The van der Waals surface area contributed by atoms with Crippen LogP contribution in [-0.2, 0) is 29.2 Å². The fourth-order valence-electron chi connectivity index (χ4n) is 3.79. The first kappa shape index (κ1) is 26.4. The van der Waals surface area contributed by atoms with Crippen LogP contribution in [0.5, 0.6) is 0 Å². The molecule has 14 heteroatoms. The quantitative estimate of drug-likeness (QED) is 0.226. The van der Waals surface area contributed by atoms with Crippen LogP contribution in [0.3, 0.4) is 0 Å². The van der Waals surface area contributed by atoms with Crippen LogP contribution in [-0.4, -0.2) is 60.9 Å². The van der Waals surface area contributed by atoms with E-state index in [1.165, 1.54) is 0 Å². The van der Waals surface area contributed by atoms with Crippen molar-refractivity contribution in [1.82, 2.24) is 0 Å². The molecule has 9 nitrogen and oxygen atoms in total.